The zero-order valence-electron chi connectivity index (χ0n) is 6.63. The number of pyridine rings is 1. The van der Waals surface area contributed by atoms with Gasteiger partial charge in [0.05, 0.1) is 6.61 Å². The molecule has 0 atom stereocenters. The summed E-state index contributed by atoms with van der Waals surface area (Å²) in [5.41, 5.74) is 0.854. The van der Waals surface area contributed by atoms with E-state index in [4.69, 9.17) is 5.11 Å². The Morgan fingerprint density at radius 1 is 1.50 bits per heavy atom. The van der Waals surface area contributed by atoms with Crippen LogP contribution in [-0.4, -0.2) is 16.7 Å². The number of nitrogens with zero attached hydrogens (tertiary/aromatic N) is 1. The SMILES string of the molecule is OCC1(c2ccc(F)nc2)CC1. The van der Waals surface area contributed by atoms with Crippen molar-refractivity contribution in [1.29, 1.82) is 0 Å². The molecule has 64 valence electrons. The lowest BCUT2D eigenvalue weighted by molar-refractivity contribution is 0.254. The molecule has 1 aliphatic carbocycles. The Labute approximate surface area is 70.1 Å². The van der Waals surface area contributed by atoms with Gasteiger partial charge in [0, 0.05) is 11.6 Å². The lowest BCUT2D eigenvalue weighted by atomic mass is 9.99. The molecule has 12 heavy (non-hydrogen) atoms. The Morgan fingerprint density at radius 2 is 2.25 bits per heavy atom. The maximum atomic E-state index is 12.4. The average molecular weight is 167 g/mol. The van der Waals surface area contributed by atoms with Crippen molar-refractivity contribution in [3.8, 4) is 0 Å². The first-order valence-corrected chi connectivity index (χ1v) is 4.00. The monoisotopic (exact) mass is 167 g/mol. The molecule has 1 fully saturated rings. The Hall–Kier alpha value is -0.960. The van der Waals surface area contributed by atoms with Crippen molar-refractivity contribution in [2.75, 3.05) is 6.61 Å². The van der Waals surface area contributed by atoms with Gasteiger partial charge in [-0.25, -0.2) is 4.98 Å². The van der Waals surface area contributed by atoms with E-state index in [0.717, 1.165) is 18.4 Å². The van der Waals surface area contributed by atoms with E-state index in [2.05, 4.69) is 4.98 Å². The van der Waals surface area contributed by atoms with Crippen LogP contribution in [0, 0.1) is 5.95 Å². The fourth-order valence-electron chi connectivity index (χ4n) is 1.38. The molecular formula is C9H10FNO. The molecule has 1 saturated carbocycles. The second-order valence-electron chi connectivity index (χ2n) is 3.31. The van der Waals surface area contributed by atoms with Crippen molar-refractivity contribution < 1.29 is 9.50 Å². The van der Waals surface area contributed by atoms with Crippen LogP contribution in [0.15, 0.2) is 18.3 Å². The third-order valence-corrected chi connectivity index (χ3v) is 2.50. The molecule has 2 rings (SSSR count). The summed E-state index contributed by atoms with van der Waals surface area (Å²) < 4.78 is 12.4. The van der Waals surface area contributed by atoms with Crippen molar-refractivity contribution in [2.45, 2.75) is 18.3 Å². The van der Waals surface area contributed by atoms with E-state index >= 15 is 0 Å². The van der Waals surface area contributed by atoms with Crippen LogP contribution in [0.3, 0.4) is 0 Å². The molecule has 3 heteroatoms. The summed E-state index contributed by atoms with van der Waals surface area (Å²) in [4.78, 5) is 3.56. The summed E-state index contributed by atoms with van der Waals surface area (Å²) in [5.74, 6) is -0.465. The highest BCUT2D eigenvalue weighted by Gasteiger charge is 2.43. The summed E-state index contributed by atoms with van der Waals surface area (Å²) >= 11 is 0. The first-order chi connectivity index (χ1) is 5.77. The van der Waals surface area contributed by atoms with Crippen LogP contribution in [0.25, 0.3) is 0 Å². The van der Waals surface area contributed by atoms with Gasteiger partial charge in [-0.3, -0.25) is 0 Å². The lowest BCUT2D eigenvalue weighted by Crippen LogP contribution is -2.12. The molecule has 0 spiro atoms. The smallest absolute Gasteiger partial charge is 0.212 e. The fourth-order valence-corrected chi connectivity index (χ4v) is 1.38. The first kappa shape index (κ1) is 7.68. The minimum absolute atomic E-state index is 0.0965. The fraction of sp³-hybridized carbons (Fsp3) is 0.444. The summed E-state index contributed by atoms with van der Waals surface area (Å²) in [6.07, 6.45) is 3.48. The highest BCUT2D eigenvalue weighted by atomic mass is 19.1. The van der Waals surface area contributed by atoms with Crippen LogP contribution >= 0.6 is 0 Å². The van der Waals surface area contributed by atoms with Crippen molar-refractivity contribution in [2.24, 2.45) is 0 Å². The maximum Gasteiger partial charge on any atom is 0.212 e. The highest BCUT2D eigenvalue weighted by Crippen LogP contribution is 2.47. The number of aliphatic hydroxyl groups excluding tert-OH is 1. The Balaban J connectivity index is 2.29. The van der Waals surface area contributed by atoms with Gasteiger partial charge in [-0.1, -0.05) is 6.07 Å². The molecule has 0 saturated heterocycles. The van der Waals surface area contributed by atoms with Crippen LogP contribution in [0.5, 0.6) is 0 Å². The van der Waals surface area contributed by atoms with Crippen molar-refractivity contribution in [1.82, 2.24) is 4.98 Å². The number of halogens is 1. The Bertz CT molecular complexity index is 279. The van der Waals surface area contributed by atoms with E-state index in [1.54, 1.807) is 6.07 Å². The molecule has 0 aromatic carbocycles. The van der Waals surface area contributed by atoms with E-state index in [-0.39, 0.29) is 12.0 Å². The maximum absolute atomic E-state index is 12.4. The predicted octanol–water partition coefficient (Wildman–Crippen LogP) is 1.24. The quantitative estimate of drug-likeness (QED) is 0.672. The van der Waals surface area contributed by atoms with Crippen LogP contribution in [0.4, 0.5) is 4.39 Å². The molecule has 1 aromatic heterocycles. The predicted molar refractivity (Wildman–Crippen MR) is 42.2 cm³/mol. The highest BCUT2D eigenvalue weighted by molar-refractivity contribution is 5.28. The van der Waals surface area contributed by atoms with E-state index in [0.29, 0.717) is 0 Å². The van der Waals surface area contributed by atoms with Crippen LogP contribution in [0.2, 0.25) is 0 Å². The molecule has 0 radical (unpaired) electrons. The first-order valence-electron chi connectivity index (χ1n) is 4.00. The Morgan fingerprint density at radius 3 is 2.67 bits per heavy atom. The van der Waals surface area contributed by atoms with Gasteiger partial charge in [0.1, 0.15) is 0 Å². The summed E-state index contributed by atoms with van der Waals surface area (Å²) in [5, 5.41) is 9.06. The molecule has 1 heterocycles. The molecular weight excluding hydrogens is 157 g/mol. The topological polar surface area (TPSA) is 33.1 Å². The molecule has 1 aromatic rings. The number of hydrogen-bond acceptors (Lipinski definition) is 2. The van der Waals surface area contributed by atoms with Gasteiger partial charge in [-0.15, -0.1) is 0 Å². The standard InChI is InChI=1S/C9H10FNO/c10-8-2-1-7(5-11-8)9(6-12)3-4-9/h1-2,5,12H,3-4,6H2. The second kappa shape index (κ2) is 2.52. The molecule has 2 nitrogen and oxygen atoms in total. The normalized spacial score (nSPS) is 19.2. The minimum Gasteiger partial charge on any atom is -0.395 e. The van der Waals surface area contributed by atoms with Crippen LogP contribution < -0.4 is 0 Å². The van der Waals surface area contributed by atoms with E-state index in [1.165, 1.54) is 12.3 Å². The zero-order chi connectivity index (χ0) is 8.60. The number of aromatic nitrogens is 1. The van der Waals surface area contributed by atoms with E-state index in [9.17, 15) is 4.39 Å². The van der Waals surface area contributed by atoms with Crippen molar-refractivity contribution in [3.05, 3.63) is 29.8 Å². The number of rotatable bonds is 2. The van der Waals surface area contributed by atoms with E-state index in [1.807, 2.05) is 0 Å². The van der Waals surface area contributed by atoms with Gasteiger partial charge in [0.2, 0.25) is 5.95 Å². The molecule has 1 aliphatic rings. The van der Waals surface area contributed by atoms with Crippen LogP contribution in [-0.2, 0) is 5.41 Å². The largest absolute Gasteiger partial charge is 0.395 e. The third-order valence-electron chi connectivity index (χ3n) is 2.50. The zero-order valence-corrected chi connectivity index (χ0v) is 6.63. The lowest BCUT2D eigenvalue weighted by Gasteiger charge is -2.10. The minimum atomic E-state index is -0.465. The summed E-state index contributed by atoms with van der Waals surface area (Å²) in [6, 6.07) is 3.04. The molecule has 0 amide bonds. The van der Waals surface area contributed by atoms with Gasteiger partial charge in [-0.2, -0.15) is 4.39 Å². The molecule has 0 aliphatic heterocycles. The summed E-state index contributed by atoms with van der Waals surface area (Å²) in [7, 11) is 0. The number of hydrogen-bond donors (Lipinski definition) is 1. The van der Waals surface area contributed by atoms with Gasteiger partial charge < -0.3 is 5.11 Å². The van der Waals surface area contributed by atoms with Crippen LogP contribution in [0.1, 0.15) is 18.4 Å². The van der Waals surface area contributed by atoms with Gasteiger partial charge >= 0.3 is 0 Å². The Kier molecular flexibility index (Phi) is 1.61. The van der Waals surface area contributed by atoms with Crippen molar-refractivity contribution >= 4 is 0 Å². The molecule has 0 unspecified atom stereocenters. The van der Waals surface area contributed by atoms with Gasteiger partial charge in [0.25, 0.3) is 0 Å². The summed E-state index contributed by atoms with van der Waals surface area (Å²) in [6.45, 7) is 0.139. The van der Waals surface area contributed by atoms with Gasteiger partial charge in [-0.05, 0) is 24.5 Å². The third kappa shape index (κ3) is 1.10. The average Bonchev–Trinajstić information content (AvgIpc) is 2.86. The molecule has 0 bridgehead atoms. The molecule has 1 N–H and O–H groups in total. The second-order valence-corrected chi connectivity index (χ2v) is 3.31. The van der Waals surface area contributed by atoms with Crippen molar-refractivity contribution in [3.63, 3.8) is 0 Å². The van der Waals surface area contributed by atoms with E-state index < -0.39 is 5.95 Å². The van der Waals surface area contributed by atoms with Gasteiger partial charge in [0.15, 0.2) is 0 Å². The number of aliphatic hydroxyl groups is 1.